The number of amides is 1. The topological polar surface area (TPSA) is 29.5 Å². The number of ether oxygens (including phenoxy) is 1. The van der Waals surface area contributed by atoms with Gasteiger partial charge < -0.3 is 9.64 Å². The van der Waals surface area contributed by atoms with E-state index >= 15 is 0 Å². The van der Waals surface area contributed by atoms with E-state index in [1.165, 1.54) is 24.8 Å². The normalized spacial score (nSPS) is 20.4. The van der Waals surface area contributed by atoms with Gasteiger partial charge in [0.1, 0.15) is 5.75 Å². The SMILES string of the molecule is COc1ccc(C=C2C3=C(CCCC3)CCN2C=O)cc1. The Balaban J connectivity index is 1.97. The molecular weight excluding hydrogens is 262 g/mol. The molecule has 0 fully saturated rings. The summed E-state index contributed by atoms with van der Waals surface area (Å²) in [5, 5.41) is 0. The molecule has 3 nitrogen and oxygen atoms in total. The first-order valence-electron chi connectivity index (χ1n) is 7.61. The largest absolute Gasteiger partial charge is 0.497 e. The van der Waals surface area contributed by atoms with Crippen LogP contribution in [0.1, 0.15) is 37.7 Å². The van der Waals surface area contributed by atoms with E-state index in [0.717, 1.165) is 42.8 Å². The molecule has 1 heterocycles. The van der Waals surface area contributed by atoms with Crippen LogP contribution in [0.2, 0.25) is 0 Å². The van der Waals surface area contributed by atoms with Gasteiger partial charge in [-0.3, -0.25) is 4.79 Å². The lowest BCUT2D eigenvalue weighted by Gasteiger charge is -2.33. The number of methoxy groups -OCH3 is 1. The molecule has 0 atom stereocenters. The minimum Gasteiger partial charge on any atom is -0.497 e. The summed E-state index contributed by atoms with van der Waals surface area (Å²) in [7, 11) is 1.67. The van der Waals surface area contributed by atoms with Gasteiger partial charge in [-0.05, 0) is 61.4 Å². The number of nitrogens with zero attached hydrogens (tertiary/aromatic N) is 1. The van der Waals surface area contributed by atoms with E-state index in [1.54, 1.807) is 12.7 Å². The second-order valence-corrected chi connectivity index (χ2v) is 5.64. The lowest BCUT2D eigenvalue weighted by atomic mass is 9.84. The molecule has 110 valence electrons. The predicted octanol–water partition coefficient (Wildman–Crippen LogP) is 3.77. The molecule has 0 spiro atoms. The average Bonchev–Trinajstić information content (AvgIpc) is 2.56. The number of allylic oxidation sites excluding steroid dienone is 1. The molecule has 21 heavy (non-hydrogen) atoms. The van der Waals surface area contributed by atoms with Crippen LogP contribution in [0.5, 0.6) is 5.75 Å². The lowest BCUT2D eigenvalue weighted by Crippen LogP contribution is -2.29. The van der Waals surface area contributed by atoms with Crippen LogP contribution in [0.15, 0.2) is 41.1 Å². The minimum absolute atomic E-state index is 0.810. The summed E-state index contributed by atoms with van der Waals surface area (Å²) in [5.74, 6) is 0.852. The van der Waals surface area contributed by atoms with Crippen molar-refractivity contribution in [3.05, 3.63) is 46.7 Å². The molecule has 0 aromatic heterocycles. The van der Waals surface area contributed by atoms with Gasteiger partial charge in [0.15, 0.2) is 0 Å². The summed E-state index contributed by atoms with van der Waals surface area (Å²) in [6, 6.07) is 7.98. The second kappa shape index (κ2) is 6.17. The zero-order valence-corrected chi connectivity index (χ0v) is 12.5. The van der Waals surface area contributed by atoms with Crippen LogP contribution in [0, 0.1) is 0 Å². The summed E-state index contributed by atoms with van der Waals surface area (Å²) in [4.78, 5) is 13.2. The van der Waals surface area contributed by atoms with Crippen LogP contribution < -0.4 is 4.74 Å². The molecule has 1 aromatic rings. The molecule has 0 saturated carbocycles. The van der Waals surface area contributed by atoms with Gasteiger partial charge in [0.05, 0.1) is 7.11 Å². The summed E-state index contributed by atoms with van der Waals surface area (Å²) in [6.45, 7) is 0.810. The number of benzene rings is 1. The Labute approximate surface area is 125 Å². The van der Waals surface area contributed by atoms with E-state index in [0.29, 0.717) is 0 Å². The fourth-order valence-electron chi connectivity index (χ4n) is 3.24. The molecule has 2 aliphatic rings. The molecule has 3 rings (SSSR count). The average molecular weight is 283 g/mol. The second-order valence-electron chi connectivity index (χ2n) is 5.64. The van der Waals surface area contributed by atoms with Crippen molar-refractivity contribution in [2.45, 2.75) is 32.1 Å². The van der Waals surface area contributed by atoms with Gasteiger partial charge in [0.25, 0.3) is 0 Å². The Kier molecular flexibility index (Phi) is 4.09. The molecule has 0 radical (unpaired) electrons. The predicted molar refractivity (Wildman–Crippen MR) is 83.9 cm³/mol. The summed E-state index contributed by atoms with van der Waals surface area (Å²) >= 11 is 0. The smallest absolute Gasteiger partial charge is 0.214 e. The zero-order valence-electron chi connectivity index (χ0n) is 12.5. The number of hydrogen-bond donors (Lipinski definition) is 0. The van der Waals surface area contributed by atoms with Crippen LogP contribution in [-0.4, -0.2) is 25.0 Å². The maximum absolute atomic E-state index is 11.4. The van der Waals surface area contributed by atoms with Gasteiger partial charge >= 0.3 is 0 Å². The van der Waals surface area contributed by atoms with E-state index in [-0.39, 0.29) is 0 Å². The molecular formula is C18H21NO2. The van der Waals surface area contributed by atoms with Gasteiger partial charge in [-0.15, -0.1) is 0 Å². The first kappa shape index (κ1) is 13.9. The van der Waals surface area contributed by atoms with Crippen molar-refractivity contribution in [1.82, 2.24) is 4.90 Å². The Hall–Kier alpha value is -2.03. The highest BCUT2D eigenvalue weighted by Gasteiger charge is 2.24. The third-order valence-corrected chi connectivity index (χ3v) is 4.40. The van der Waals surface area contributed by atoms with Crippen LogP contribution in [-0.2, 0) is 4.79 Å². The number of hydrogen-bond acceptors (Lipinski definition) is 2. The number of carbonyl (C=O) groups excluding carboxylic acids is 1. The Morgan fingerprint density at radius 2 is 1.86 bits per heavy atom. The molecule has 1 aliphatic heterocycles. The van der Waals surface area contributed by atoms with Crippen LogP contribution in [0.3, 0.4) is 0 Å². The Morgan fingerprint density at radius 1 is 1.10 bits per heavy atom. The molecule has 1 aromatic carbocycles. The van der Waals surface area contributed by atoms with Gasteiger partial charge in [-0.25, -0.2) is 0 Å². The number of carbonyl (C=O) groups is 1. The highest BCUT2D eigenvalue weighted by atomic mass is 16.5. The molecule has 0 unspecified atom stereocenters. The van der Waals surface area contributed by atoms with E-state index in [1.807, 2.05) is 29.2 Å². The van der Waals surface area contributed by atoms with Gasteiger partial charge in [-0.2, -0.15) is 0 Å². The maximum atomic E-state index is 11.4. The minimum atomic E-state index is 0.810. The molecule has 0 bridgehead atoms. The monoisotopic (exact) mass is 283 g/mol. The first-order valence-corrected chi connectivity index (χ1v) is 7.61. The lowest BCUT2D eigenvalue weighted by molar-refractivity contribution is -0.116. The van der Waals surface area contributed by atoms with Crippen molar-refractivity contribution in [2.75, 3.05) is 13.7 Å². The Morgan fingerprint density at radius 3 is 2.57 bits per heavy atom. The molecule has 0 N–H and O–H groups in total. The zero-order chi connectivity index (χ0) is 14.7. The van der Waals surface area contributed by atoms with Crippen molar-refractivity contribution in [3.8, 4) is 5.75 Å². The van der Waals surface area contributed by atoms with E-state index < -0.39 is 0 Å². The fraction of sp³-hybridized carbons (Fsp3) is 0.389. The molecule has 3 heteroatoms. The van der Waals surface area contributed by atoms with Crippen LogP contribution in [0.25, 0.3) is 6.08 Å². The highest BCUT2D eigenvalue weighted by Crippen LogP contribution is 2.37. The van der Waals surface area contributed by atoms with E-state index in [9.17, 15) is 4.79 Å². The van der Waals surface area contributed by atoms with Crippen molar-refractivity contribution >= 4 is 12.5 Å². The fourth-order valence-corrected chi connectivity index (χ4v) is 3.24. The van der Waals surface area contributed by atoms with Gasteiger partial charge in [0.2, 0.25) is 6.41 Å². The third kappa shape index (κ3) is 2.87. The molecule has 0 saturated heterocycles. The van der Waals surface area contributed by atoms with Crippen molar-refractivity contribution in [1.29, 1.82) is 0 Å². The standard InChI is InChI=1S/C18H21NO2/c1-21-16-8-6-14(7-9-16)12-18-17-5-3-2-4-15(17)10-11-19(18)13-20/h6-9,12-13H,2-5,10-11H2,1H3. The van der Waals surface area contributed by atoms with Crippen LogP contribution >= 0.6 is 0 Å². The molecule has 1 aliphatic carbocycles. The van der Waals surface area contributed by atoms with Crippen molar-refractivity contribution < 1.29 is 9.53 Å². The third-order valence-electron chi connectivity index (χ3n) is 4.40. The van der Waals surface area contributed by atoms with Crippen molar-refractivity contribution in [3.63, 3.8) is 0 Å². The van der Waals surface area contributed by atoms with E-state index in [2.05, 4.69) is 6.08 Å². The van der Waals surface area contributed by atoms with Crippen LogP contribution in [0.4, 0.5) is 0 Å². The number of rotatable bonds is 3. The molecule has 1 amide bonds. The van der Waals surface area contributed by atoms with Gasteiger partial charge in [-0.1, -0.05) is 17.7 Å². The summed E-state index contributed by atoms with van der Waals surface area (Å²) in [6.07, 6.45) is 8.94. The maximum Gasteiger partial charge on any atom is 0.214 e. The van der Waals surface area contributed by atoms with E-state index in [4.69, 9.17) is 4.74 Å². The summed E-state index contributed by atoms with van der Waals surface area (Å²) < 4.78 is 5.19. The highest BCUT2D eigenvalue weighted by molar-refractivity contribution is 5.66. The quantitative estimate of drug-likeness (QED) is 0.790. The summed E-state index contributed by atoms with van der Waals surface area (Å²) in [5.41, 5.74) is 5.16. The Bertz CT molecular complexity index is 584. The van der Waals surface area contributed by atoms with Crippen molar-refractivity contribution in [2.24, 2.45) is 0 Å². The van der Waals surface area contributed by atoms with Gasteiger partial charge in [0, 0.05) is 12.2 Å². The first-order chi connectivity index (χ1) is 10.3.